The first-order valence-corrected chi connectivity index (χ1v) is 9.09. The number of oxazole rings is 1. The number of hydrogen-bond acceptors (Lipinski definition) is 6. The highest BCUT2D eigenvalue weighted by molar-refractivity contribution is 5.66. The van der Waals surface area contributed by atoms with E-state index in [1.165, 1.54) is 0 Å². The molecule has 0 amide bonds. The normalized spacial score (nSPS) is 9.78. The third kappa shape index (κ3) is 5.34. The van der Waals surface area contributed by atoms with Crippen LogP contribution in [0.1, 0.15) is 26.3 Å². The molecule has 1 heterocycles. The van der Waals surface area contributed by atoms with Crippen LogP contribution in [0.15, 0.2) is 58.2 Å². The standard InChI is InChI=1S/C19H21N5O.C2H6/c1-4-21-15-9-6-14(7-10-15)18-12-22-19(25-18)23-16-8-5-13(2)17(11-16)24-20-3;1-2/h5-12,21,24H,3-4H2,1-2H3,(H,22,23);1-2H3. The van der Waals surface area contributed by atoms with E-state index >= 15 is 0 Å². The van der Waals surface area contributed by atoms with E-state index in [-0.39, 0.29) is 0 Å². The van der Waals surface area contributed by atoms with E-state index in [2.05, 4.69) is 39.8 Å². The molecule has 0 aliphatic rings. The topological polar surface area (TPSA) is 74.5 Å². The average Bonchev–Trinajstić information content (AvgIpc) is 3.16. The Bertz CT molecular complexity index is 855. The summed E-state index contributed by atoms with van der Waals surface area (Å²) in [5.41, 5.74) is 7.74. The van der Waals surface area contributed by atoms with Gasteiger partial charge in [-0.15, -0.1) is 0 Å². The number of aryl methyl sites for hydroxylation is 1. The second-order valence-electron chi connectivity index (χ2n) is 5.56. The summed E-state index contributed by atoms with van der Waals surface area (Å²) in [5.74, 6) is 0.712. The van der Waals surface area contributed by atoms with Gasteiger partial charge in [-0.25, -0.2) is 4.98 Å². The highest BCUT2D eigenvalue weighted by atomic mass is 16.4. The van der Waals surface area contributed by atoms with Crippen LogP contribution in [0.4, 0.5) is 23.1 Å². The second kappa shape index (κ2) is 10.0. The molecule has 0 fully saturated rings. The van der Waals surface area contributed by atoms with Crippen molar-refractivity contribution >= 4 is 29.8 Å². The summed E-state index contributed by atoms with van der Waals surface area (Å²) < 4.78 is 5.80. The van der Waals surface area contributed by atoms with Crippen LogP contribution in [0.3, 0.4) is 0 Å². The van der Waals surface area contributed by atoms with Crippen LogP contribution in [0.5, 0.6) is 0 Å². The van der Waals surface area contributed by atoms with Crippen molar-refractivity contribution in [3.05, 3.63) is 54.2 Å². The van der Waals surface area contributed by atoms with Crippen molar-refractivity contribution in [1.82, 2.24) is 4.98 Å². The number of anilines is 4. The molecule has 2 aromatic carbocycles. The van der Waals surface area contributed by atoms with Gasteiger partial charge in [0.25, 0.3) is 6.01 Å². The number of benzene rings is 2. The maximum Gasteiger partial charge on any atom is 0.299 e. The minimum atomic E-state index is 0.437. The quantitative estimate of drug-likeness (QED) is 0.360. The van der Waals surface area contributed by atoms with Gasteiger partial charge in [0.05, 0.1) is 11.9 Å². The molecule has 3 N–H and O–H groups in total. The van der Waals surface area contributed by atoms with Gasteiger partial charge >= 0.3 is 0 Å². The van der Waals surface area contributed by atoms with E-state index in [0.29, 0.717) is 11.8 Å². The van der Waals surface area contributed by atoms with Crippen LogP contribution >= 0.6 is 0 Å². The maximum absolute atomic E-state index is 5.80. The summed E-state index contributed by atoms with van der Waals surface area (Å²) >= 11 is 0. The van der Waals surface area contributed by atoms with Crippen LogP contribution in [-0.2, 0) is 0 Å². The van der Waals surface area contributed by atoms with Gasteiger partial charge in [0, 0.05) is 30.2 Å². The zero-order valence-corrected chi connectivity index (χ0v) is 16.3. The smallest absolute Gasteiger partial charge is 0.299 e. The lowest BCUT2D eigenvalue weighted by Crippen LogP contribution is -1.95. The van der Waals surface area contributed by atoms with E-state index in [1.807, 2.05) is 63.2 Å². The van der Waals surface area contributed by atoms with Crippen molar-refractivity contribution in [3.63, 3.8) is 0 Å². The lowest BCUT2D eigenvalue weighted by Gasteiger charge is -2.08. The Balaban J connectivity index is 0.00000126. The number of hydrazone groups is 1. The largest absolute Gasteiger partial charge is 0.423 e. The molecule has 142 valence electrons. The van der Waals surface area contributed by atoms with E-state index in [4.69, 9.17) is 4.42 Å². The number of nitrogens with one attached hydrogen (secondary N) is 3. The fourth-order valence-corrected chi connectivity index (χ4v) is 2.45. The van der Waals surface area contributed by atoms with Crippen molar-refractivity contribution < 1.29 is 4.42 Å². The van der Waals surface area contributed by atoms with Crippen molar-refractivity contribution in [2.24, 2.45) is 5.10 Å². The minimum absolute atomic E-state index is 0.437. The molecule has 0 radical (unpaired) electrons. The molecule has 27 heavy (non-hydrogen) atoms. The van der Waals surface area contributed by atoms with Gasteiger partial charge in [0.15, 0.2) is 5.76 Å². The van der Waals surface area contributed by atoms with Gasteiger partial charge in [-0.2, -0.15) is 5.10 Å². The van der Waals surface area contributed by atoms with E-state index in [1.54, 1.807) is 6.20 Å². The third-order valence-electron chi connectivity index (χ3n) is 3.74. The first-order valence-electron chi connectivity index (χ1n) is 9.09. The van der Waals surface area contributed by atoms with Gasteiger partial charge in [0.2, 0.25) is 0 Å². The monoisotopic (exact) mass is 365 g/mol. The number of rotatable bonds is 7. The second-order valence-corrected chi connectivity index (χ2v) is 5.56. The Hall–Kier alpha value is -3.28. The first-order chi connectivity index (χ1) is 13.2. The predicted molar refractivity (Wildman–Crippen MR) is 115 cm³/mol. The molecular weight excluding hydrogens is 338 g/mol. The van der Waals surface area contributed by atoms with E-state index in [0.717, 1.165) is 34.7 Å². The molecule has 0 saturated carbocycles. The summed E-state index contributed by atoms with van der Waals surface area (Å²) in [6.45, 7) is 12.4. The zero-order chi connectivity index (χ0) is 19.6. The Labute approximate surface area is 160 Å². The Morgan fingerprint density at radius 1 is 1.07 bits per heavy atom. The number of aromatic nitrogens is 1. The zero-order valence-electron chi connectivity index (χ0n) is 16.3. The van der Waals surface area contributed by atoms with Gasteiger partial charge in [-0.3, -0.25) is 5.43 Å². The summed E-state index contributed by atoms with van der Waals surface area (Å²) in [7, 11) is 0. The molecule has 1 aromatic heterocycles. The third-order valence-corrected chi connectivity index (χ3v) is 3.74. The highest BCUT2D eigenvalue weighted by Gasteiger charge is 2.08. The fourth-order valence-electron chi connectivity index (χ4n) is 2.45. The molecule has 0 aliphatic carbocycles. The molecule has 0 spiro atoms. The van der Waals surface area contributed by atoms with Crippen LogP contribution < -0.4 is 16.1 Å². The summed E-state index contributed by atoms with van der Waals surface area (Å²) in [6, 6.07) is 14.4. The summed E-state index contributed by atoms with van der Waals surface area (Å²) in [6.07, 6.45) is 1.71. The van der Waals surface area contributed by atoms with Gasteiger partial charge in [-0.05, 0) is 55.8 Å². The van der Waals surface area contributed by atoms with Crippen LogP contribution in [0, 0.1) is 6.92 Å². The molecule has 6 nitrogen and oxygen atoms in total. The molecule has 3 aromatic rings. The Morgan fingerprint density at radius 2 is 1.78 bits per heavy atom. The molecule has 0 bridgehead atoms. The van der Waals surface area contributed by atoms with Crippen LogP contribution in [-0.4, -0.2) is 18.2 Å². The highest BCUT2D eigenvalue weighted by Crippen LogP contribution is 2.27. The lowest BCUT2D eigenvalue weighted by atomic mass is 10.2. The van der Waals surface area contributed by atoms with Crippen LogP contribution in [0.25, 0.3) is 11.3 Å². The Kier molecular flexibility index (Phi) is 7.43. The fraction of sp³-hybridized carbons (Fsp3) is 0.238. The lowest BCUT2D eigenvalue weighted by molar-refractivity contribution is 0.592. The molecule has 0 atom stereocenters. The maximum atomic E-state index is 5.80. The van der Waals surface area contributed by atoms with Gasteiger partial charge in [-0.1, -0.05) is 19.9 Å². The van der Waals surface area contributed by atoms with Crippen molar-refractivity contribution in [2.75, 3.05) is 22.6 Å². The van der Waals surface area contributed by atoms with Crippen molar-refractivity contribution in [2.45, 2.75) is 27.7 Å². The van der Waals surface area contributed by atoms with Crippen molar-refractivity contribution in [1.29, 1.82) is 0 Å². The van der Waals surface area contributed by atoms with Crippen LogP contribution in [0.2, 0.25) is 0 Å². The van der Waals surface area contributed by atoms with E-state index < -0.39 is 0 Å². The van der Waals surface area contributed by atoms with Gasteiger partial charge in [0.1, 0.15) is 0 Å². The first kappa shape index (κ1) is 20.0. The minimum Gasteiger partial charge on any atom is -0.423 e. The Morgan fingerprint density at radius 3 is 2.44 bits per heavy atom. The SMILES string of the molecule is C=NNc1cc(Nc2ncc(-c3ccc(NCC)cc3)o2)ccc1C.CC. The molecule has 6 heteroatoms. The predicted octanol–water partition coefficient (Wildman–Crippen LogP) is 5.88. The van der Waals surface area contributed by atoms with E-state index in [9.17, 15) is 0 Å². The van der Waals surface area contributed by atoms with Gasteiger partial charge < -0.3 is 15.1 Å². The van der Waals surface area contributed by atoms with Crippen molar-refractivity contribution in [3.8, 4) is 11.3 Å². The summed E-state index contributed by atoms with van der Waals surface area (Å²) in [4.78, 5) is 4.30. The summed E-state index contributed by atoms with van der Waals surface area (Å²) in [5, 5.41) is 10.1. The average molecular weight is 365 g/mol. The molecule has 0 unspecified atom stereocenters. The molecule has 3 rings (SSSR count). The molecular formula is C21H27N5O. The number of nitrogens with zero attached hydrogens (tertiary/aromatic N) is 2. The number of hydrogen-bond donors (Lipinski definition) is 3. The molecule has 0 saturated heterocycles. The molecule has 0 aliphatic heterocycles.